The second-order valence-corrected chi connectivity index (χ2v) is 6.91. The molecule has 21 heavy (non-hydrogen) atoms. The summed E-state index contributed by atoms with van der Waals surface area (Å²) in [5.74, 6) is 0.987. The minimum absolute atomic E-state index is 0.0620. The summed E-state index contributed by atoms with van der Waals surface area (Å²) < 4.78 is 0. The van der Waals surface area contributed by atoms with Crippen molar-refractivity contribution in [2.45, 2.75) is 50.5 Å². The number of aliphatic hydroxyl groups is 1. The van der Waals surface area contributed by atoms with Gasteiger partial charge in [0.2, 0.25) is 5.91 Å². The van der Waals surface area contributed by atoms with Gasteiger partial charge in [-0.25, -0.2) is 0 Å². The van der Waals surface area contributed by atoms with Gasteiger partial charge in [0, 0.05) is 29.7 Å². The van der Waals surface area contributed by atoms with Crippen LogP contribution in [-0.2, 0) is 4.79 Å². The van der Waals surface area contributed by atoms with Crippen molar-refractivity contribution in [2.75, 3.05) is 18.9 Å². The zero-order valence-corrected chi connectivity index (χ0v) is 13.8. The van der Waals surface area contributed by atoms with E-state index in [1.165, 1.54) is 22.4 Å². The Labute approximate surface area is 131 Å². The molecule has 0 aliphatic heterocycles. The fraction of sp³-hybridized carbons (Fsp3) is 0.588. The van der Waals surface area contributed by atoms with Gasteiger partial charge in [-0.1, -0.05) is 6.07 Å². The molecule has 116 valence electrons. The highest BCUT2D eigenvalue weighted by Gasteiger charge is 2.27. The van der Waals surface area contributed by atoms with Gasteiger partial charge in [-0.15, -0.1) is 11.8 Å². The molecule has 4 heteroatoms. The lowest BCUT2D eigenvalue weighted by atomic mass is 9.91. The zero-order chi connectivity index (χ0) is 15.2. The van der Waals surface area contributed by atoms with Crippen LogP contribution < -0.4 is 0 Å². The molecule has 1 aromatic carbocycles. The molecule has 0 saturated heterocycles. The molecule has 0 aromatic heterocycles. The van der Waals surface area contributed by atoms with Gasteiger partial charge in [0.05, 0.1) is 6.61 Å². The maximum atomic E-state index is 12.3. The number of aliphatic hydroxyl groups excluding tert-OH is 1. The van der Waals surface area contributed by atoms with Crippen molar-refractivity contribution < 1.29 is 9.90 Å². The number of carbonyl (C=O) groups is 1. The number of rotatable bonds is 7. The summed E-state index contributed by atoms with van der Waals surface area (Å²) in [6.45, 7) is 4.77. The number of hydrogen-bond donors (Lipinski definition) is 1. The maximum Gasteiger partial charge on any atom is 0.223 e. The van der Waals surface area contributed by atoms with Gasteiger partial charge >= 0.3 is 0 Å². The van der Waals surface area contributed by atoms with Crippen LogP contribution in [0.2, 0.25) is 0 Å². The Morgan fingerprint density at radius 1 is 1.33 bits per heavy atom. The highest BCUT2D eigenvalue weighted by Crippen LogP contribution is 2.26. The van der Waals surface area contributed by atoms with Gasteiger partial charge in [-0.3, -0.25) is 4.79 Å². The first kappa shape index (κ1) is 16.4. The SMILES string of the molecule is Cc1ccc(SCCC(=O)N(CCO)C2CCC2)cc1C. The molecule has 3 nitrogen and oxygen atoms in total. The van der Waals surface area contributed by atoms with Crippen molar-refractivity contribution in [3.8, 4) is 0 Å². The summed E-state index contributed by atoms with van der Waals surface area (Å²) in [5, 5.41) is 9.11. The van der Waals surface area contributed by atoms with Crippen molar-refractivity contribution in [3.05, 3.63) is 29.3 Å². The zero-order valence-electron chi connectivity index (χ0n) is 13.0. The lowest BCUT2D eigenvalue weighted by Gasteiger charge is -2.37. The largest absolute Gasteiger partial charge is 0.395 e. The lowest BCUT2D eigenvalue weighted by Crippen LogP contribution is -2.45. The predicted molar refractivity (Wildman–Crippen MR) is 87.7 cm³/mol. The second kappa shape index (κ2) is 7.85. The molecule has 1 aliphatic carbocycles. The third-order valence-electron chi connectivity index (χ3n) is 4.24. The quantitative estimate of drug-likeness (QED) is 0.787. The third kappa shape index (κ3) is 4.48. The van der Waals surface area contributed by atoms with Gasteiger partial charge in [-0.2, -0.15) is 0 Å². The number of thioether (sulfide) groups is 1. The number of amides is 1. The molecule has 1 N–H and O–H groups in total. The van der Waals surface area contributed by atoms with Crippen LogP contribution in [0.25, 0.3) is 0 Å². The van der Waals surface area contributed by atoms with E-state index in [1.807, 2.05) is 4.90 Å². The number of carbonyl (C=O) groups excluding carboxylic acids is 1. The molecule has 0 unspecified atom stereocenters. The summed E-state index contributed by atoms with van der Waals surface area (Å²) in [4.78, 5) is 15.4. The van der Waals surface area contributed by atoms with Crippen LogP contribution in [0.5, 0.6) is 0 Å². The molecule has 1 aliphatic rings. The molecule has 0 atom stereocenters. The normalized spacial score (nSPS) is 14.8. The summed E-state index contributed by atoms with van der Waals surface area (Å²) in [7, 11) is 0. The maximum absolute atomic E-state index is 12.3. The van der Waals surface area contributed by atoms with E-state index < -0.39 is 0 Å². The smallest absolute Gasteiger partial charge is 0.223 e. The highest BCUT2D eigenvalue weighted by atomic mass is 32.2. The second-order valence-electron chi connectivity index (χ2n) is 5.74. The standard InChI is InChI=1S/C17H25NO2S/c1-13-6-7-16(12-14(13)2)21-11-8-17(20)18(9-10-19)15-4-3-5-15/h6-7,12,15,19H,3-5,8-11H2,1-2H3. The van der Waals surface area contributed by atoms with Crippen LogP contribution in [0.15, 0.2) is 23.1 Å². The number of benzene rings is 1. The van der Waals surface area contributed by atoms with E-state index in [4.69, 9.17) is 5.11 Å². The molecule has 2 rings (SSSR count). The van der Waals surface area contributed by atoms with Crippen LogP contribution in [0.4, 0.5) is 0 Å². The van der Waals surface area contributed by atoms with Gasteiger partial charge in [0.1, 0.15) is 0 Å². The molecule has 1 fully saturated rings. The fourth-order valence-electron chi connectivity index (χ4n) is 2.52. The van der Waals surface area contributed by atoms with Crippen LogP contribution >= 0.6 is 11.8 Å². The molecule has 1 aromatic rings. The van der Waals surface area contributed by atoms with Crippen LogP contribution in [-0.4, -0.2) is 40.9 Å². The Kier molecular flexibility index (Phi) is 6.12. The molecule has 0 radical (unpaired) electrons. The summed E-state index contributed by atoms with van der Waals surface area (Å²) in [6.07, 6.45) is 3.94. The Morgan fingerprint density at radius 2 is 2.10 bits per heavy atom. The Balaban J connectivity index is 1.80. The first-order chi connectivity index (χ1) is 10.1. The average Bonchev–Trinajstić information content (AvgIpc) is 2.40. The van der Waals surface area contributed by atoms with E-state index in [1.54, 1.807) is 11.8 Å². The topological polar surface area (TPSA) is 40.5 Å². The Morgan fingerprint density at radius 3 is 2.67 bits per heavy atom. The van der Waals surface area contributed by atoms with Crippen molar-refractivity contribution in [3.63, 3.8) is 0 Å². The predicted octanol–water partition coefficient (Wildman–Crippen LogP) is 3.16. The summed E-state index contributed by atoms with van der Waals surface area (Å²) in [5.41, 5.74) is 2.59. The first-order valence-corrected chi connectivity index (χ1v) is 8.70. The number of hydrogen-bond acceptors (Lipinski definition) is 3. The number of nitrogens with zero attached hydrogens (tertiary/aromatic N) is 1. The van der Waals surface area contributed by atoms with Crippen LogP contribution in [0.3, 0.4) is 0 Å². The van der Waals surface area contributed by atoms with Crippen LogP contribution in [0.1, 0.15) is 36.8 Å². The van der Waals surface area contributed by atoms with Gasteiger partial charge in [0.15, 0.2) is 0 Å². The number of aryl methyl sites for hydroxylation is 2. The molecule has 1 amide bonds. The minimum Gasteiger partial charge on any atom is -0.395 e. The van der Waals surface area contributed by atoms with E-state index in [-0.39, 0.29) is 12.5 Å². The summed E-state index contributed by atoms with van der Waals surface area (Å²) >= 11 is 1.73. The minimum atomic E-state index is 0.0620. The van der Waals surface area contributed by atoms with Gasteiger partial charge < -0.3 is 10.0 Å². The van der Waals surface area contributed by atoms with Crippen molar-refractivity contribution >= 4 is 17.7 Å². The van der Waals surface area contributed by atoms with Crippen molar-refractivity contribution in [1.29, 1.82) is 0 Å². The molecule has 0 spiro atoms. The van der Waals surface area contributed by atoms with Crippen LogP contribution in [0, 0.1) is 13.8 Å². The van der Waals surface area contributed by atoms with E-state index in [9.17, 15) is 4.79 Å². The molecule has 0 bridgehead atoms. The van der Waals surface area contributed by atoms with E-state index in [0.717, 1.165) is 18.6 Å². The monoisotopic (exact) mass is 307 g/mol. The first-order valence-electron chi connectivity index (χ1n) is 7.72. The molecular formula is C17H25NO2S. The van der Waals surface area contributed by atoms with Crippen molar-refractivity contribution in [2.24, 2.45) is 0 Å². The molecule has 1 saturated carbocycles. The average molecular weight is 307 g/mol. The summed E-state index contributed by atoms with van der Waals surface area (Å²) in [6, 6.07) is 6.80. The van der Waals surface area contributed by atoms with E-state index in [0.29, 0.717) is 19.0 Å². The van der Waals surface area contributed by atoms with E-state index >= 15 is 0 Å². The van der Waals surface area contributed by atoms with Gasteiger partial charge in [0.25, 0.3) is 0 Å². The Bertz CT molecular complexity index is 486. The van der Waals surface area contributed by atoms with E-state index in [2.05, 4.69) is 32.0 Å². The van der Waals surface area contributed by atoms with Gasteiger partial charge in [-0.05, 0) is 56.4 Å². The Hall–Kier alpha value is -1.00. The van der Waals surface area contributed by atoms with Crippen molar-refractivity contribution in [1.82, 2.24) is 4.90 Å². The fourth-order valence-corrected chi connectivity index (χ4v) is 3.46. The third-order valence-corrected chi connectivity index (χ3v) is 5.24. The molecular weight excluding hydrogens is 282 g/mol. The molecule has 0 heterocycles. The lowest BCUT2D eigenvalue weighted by molar-refractivity contribution is -0.135. The highest BCUT2D eigenvalue weighted by molar-refractivity contribution is 7.99.